The van der Waals surface area contributed by atoms with Gasteiger partial charge in [-0.25, -0.2) is 23.5 Å². The van der Waals surface area contributed by atoms with Gasteiger partial charge in [-0.1, -0.05) is 6.07 Å². The molecular weight excluding hydrogens is 449 g/mol. The fourth-order valence-electron chi connectivity index (χ4n) is 4.16. The maximum absolute atomic E-state index is 14.9. The number of carbonyl (C=O) groups is 1. The van der Waals surface area contributed by atoms with E-state index in [0.29, 0.717) is 45.1 Å². The number of pyridine rings is 1. The first-order valence-corrected chi connectivity index (χ1v) is 10.3. The number of aliphatic carboxylic acids is 1. The predicted molar refractivity (Wildman–Crippen MR) is 109 cm³/mol. The van der Waals surface area contributed by atoms with Crippen molar-refractivity contribution in [2.45, 2.75) is 38.4 Å². The minimum Gasteiger partial charge on any atom is -0.475 e. The van der Waals surface area contributed by atoms with Crippen molar-refractivity contribution in [2.24, 2.45) is 5.41 Å². The van der Waals surface area contributed by atoms with Gasteiger partial charge in [0.2, 0.25) is 5.95 Å². The van der Waals surface area contributed by atoms with Crippen LogP contribution in [0.2, 0.25) is 0 Å². The third-order valence-corrected chi connectivity index (χ3v) is 5.81. The van der Waals surface area contributed by atoms with Crippen LogP contribution in [0.25, 0.3) is 0 Å². The monoisotopic (exact) mass is 473 g/mol. The highest BCUT2D eigenvalue weighted by atomic mass is 19.4. The summed E-state index contributed by atoms with van der Waals surface area (Å²) in [6.45, 7) is 4.19. The van der Waals surface area contributed by atoms with E-state index in [4.69, 9.17) is 9.90 Å². The van der Waals surface area contributed by atoms with E-state index in [1.54, 1.807) is 18.5 Å². The van der Waals surface area contributed by atoms with Crippen LogP contribution in [0.5, 0.6) is 0 Å². The third kappa shape index (κ3) is 5.92. The molecule has 0 saturated carbocycles. The highest BCUT2D eigenvalue weighted by Crippen LogP contribution is 2.50. The van der Waals surface area contributed by atoms with Crippen LogP contribution >= 0.6 is 0 Å². The number of aryl methyl sites for hydroxylation is 1. The van der Waals surface area contributed by atoms with Gasteiger partial charge in [-0.15, -0.1) is 0 Å². The van der Waals surface area contributed by atoms with Crippen LogP contribution in [0.3, 0.4) is 0 Å². The normalized spacial score (nSPS) is 22.7. The molecule has 2 aliphatic rings. The second kappa shape index (κ2) is 9.54. The summed E-state index contributed by atoms with van der Waals surface area (Å²) in [5.41, 5.74) is 0.841. The Labute approximate surface area is 187 Å². The molecule has 1 spiro atoms. The third-order valence-electron chi connectivity index (χ3n) is 5.81. The smallest absolute Gasteiger partial charge is 0.475 e. The first-order valence-electron chi connectivity index (χ1n) is 10.3. The van der Waals surface area contributed by atoms with Crippen molar-refractivity contribution in [1.29, 1.82) is 0 Å². The molecule has 0 radical (unpaired) electrons. The summed E-state index contributed by atoms with van der Waals surface area (Å²) in [5, 5.41) is 7.12. The lowest BCUT2D eigenvalue weighted by molar-refractivity contribution is -0.192. The Kier molecular flexibility index (Phi) is 7.15. The molecule has 2 saturated heterocycles. The summed E-state index contributed by atoms with van der Waals surface area (Å²) in [4.78, 5) is 25.9. The summed E-state index contributed by atoms with van der Waals surface area (Å²) >= 11 is 0. The summed E-state index contributed by atoms with van der Waals surface area (Å²) in [6, 6.07) is 7.62. The molecule has 1 atom stereocenters. The number of likely N-dealkylation sites (tertiary alicyclic amines) is 1. The zero-order chi connectivity index (χ0) is 24.3. The Balaban J connectivity index is 0.000000383. The van der Waals surface area contributed by atoms with Gasteiger partial charge in [0.25, 0.3) is 5.92 Å². The lowest BCUT2D eigenvalue weighted by atomic mass is 9.75. The lowest BCUT2D eigenvalue weighted by Crippen LogP contribution is -2.56. The number of nitrogens with zero attached hydrogens (tertiary/aromatic N) is 5. The van der Waals surface area contributed by atoms with Crippen LogP contribution in [-0.4, -0.2) is 69.2 Å². The number of halogens is 5. The van der Waals surface area contributed by atoms with Crippen molar-refractivity contribution in [3.63, 3.8) is 0 Å². The van der Waals surface area contributed by atoms with Gasteiger partial charge >= 0.3 is 12.1 Å². The topological polar surface area (TPSA) is 82.5 Å². The second-order valence-corrected chi connectivity index (χ2v) is 8.24. The van der Waals surface area contributed by atoms with Gasteiger partial charge in [0.1, 0.15) is 0 Å². The summed E-state index contributed by atoms with van der Waals surface area (Å²) < 4.78 is 61.6. The second-order valence-electron chi connectivity index (χ2n) is 8.24. The highest BCUT2D eigenvalue weighted by molar-refractivity contribution is 5.73. The number of rotatable bonds is 3. The van der Waals surface area contributed by atoms with Crippen LogP contribution in [0.1, 0.15) is 24.2 Å². The first kappa shape index (κ1) is 24.7. The van der Waals surface area contributed by atoms with Crippen molar-refractivity contribution >= 4 is 11.9 Å². The Bertz CT molecular complexity index is 960. The standard InChI is InChI=1S/C19H23F2N5.C2HF3O2/c1-15-4-2-5-16(24-15)12-25-10-7-19(20,21)18(13-25)6-11-26(14-18)17-22-8-3-9-23-17;3-2(4,5)1(6)7/h2-5,8-9H,6-7,10-14H2,1H3;(H,6,7). The average Bonchev–Trinajstić information content (AvgIpc) is 3.17. The van der Waals surface area contributed by atoms with E-state index >= 15 is 0 Å². The van der Waals surface area contributed by atoms with Crippen molar-refractivity contribution in [3.05, 3.63) is 48.0 Å². The minimum absolute atomic E-state index is 0.109. The minimum atomic E-state index is -5.08. The van der Waals surface area contributed by atoms with E-state index < -0.39 is 23.5 Å². The molecule has 1 unspecified atom stereocenters. The molecule has 0 bridgehead atoms. The molecule has 0 amide bonds. The molecule has 180 valence electrons. The molecule has 2 aromatic heterocycles. The van der Waals surface area contributed by atoms with E-state index in [1.165, 1.54) is 0 Å². The van der Waals surface area contributed by atoms with Crippen LogP contribution in [0.15, 0.2) is 36.7 Å². The Morgan fingerprint density at radius 3 is 2.36 bits per heavy atom. The molecule has 4 heterocycles. The number of carboxylic acid groups (broad SMARTS) is 1. The van der Waals surface area contributed by atoms with E-state index in [0.717, 1.165) is 11.4 Å². The van der Waals surface area contributed by atoms with Gasteiger partial charge in [-0.2, -0.15) is 13.2 Å². The van der Waals surface area contributed by atoms with Gasteiger partial charge in [0.05, 0.1) is 11.1 Å². The van der Waals surface area contributed by atoms with Crippen molar-refractivity contribution in [2.75, 3.05) is 31.1 Å². The van der Waals surface area contributed by atoms with Crippen LogP contribution in [0.4, 0.5) is 27.9 Å². The Morgan fingerprint density at radius 1 is 1.09 bits per heavy atom. The predicted octanol–water partition coefficient (Wildman–Crippen LogP) is 3.55. The van der Waals surface area contributed by atoms with Gasteiger partial charge in [0.15, 0.2) is 0 Å². The SMILES string of the molecule is Cc1cccc(CN2CCC(F)(F)C3(CCN(c4ncccn4)C3)C2)n1.O=C(O)C(F)(F)F. The highest BCUT2D eigenvalue weighted by Gasteiger charge is 2.59. The van der Waals surface area contributed by atoms with Crippen molar-refractivity contribution in [1.82, 2.24) is 19.9 Å². The molecule has 7 nitrogen and oxygen atoms in total. The molecular formula is C21H24F5N5O2. The zero-order valence-electron chi connectivity index (χ0n) is 17.9. The fourth-order valence-corrected chi connectivity index (χ4v) is 4.16. The molecule has 2 aliphatic heterocycles. The maximum Gasteiger partial charge on any atom is 0.490 e. The number of piperidine rings is 1. The lowest BCUT2D eigenvalue weighted by Gasteiger charge is -2.45. The van der Waals surface area contributed by atoms with Crippen LogP contribution in [0, 0.1) is 12.3 Å². The molecule has 0 aromatic carbocycles. The van der Waals surface area contributed by atoms with E-state index in [9.17, 15) is 22.0 Å². The Hall–Kier alpha value is -2.89. The quantitative estimate of drug-likeness (QED) is 0.683. The van der Waals surface area contributed by atoms with Crippen molar-refractivity contribution < 1.29 is 31.9 Å². The number of alkyl halides is 5. The van der Waals surface area contributed by atoms with Gasteiger partial charge in [-0.3, -0.25) is 9.88 Å². The van der Waals surface area contributed by atoms with Crippen LogP contribution in [-0.2, 0) is 11.3 Å². The zero-order valence-corrected chi connectivity index (χ0v) is 17.9. The molecule has 33 heavy (non-hydrogen) atoms. The maximum atomic E-state index is 14.9. The number of anilines is 1. The van der Waals surface area contributed by atoms with Gasteiger partial charge in [0, 0.05) is 57.2 Å². The average molecular weight is 473 g/mol. The number of hydrogen-bond donors (Lipinski definition) is 1. The number of aromatic nitrogens is 3. The molecule has 4 rings (SSSR count). The van der Waals surface area contributed by atoms with Crippen molar-refractivity contribution in [3.8, 4) is 0 Å². The molecule has 12 heteroatoms. The fraction of sp³-hybridized carbons (Fsp3) is 0.524. The summed E-state index contributed by atoms with van der Waals surface area (Å²) in [6.07, 6.45) is -1.43. The summed E-state index contributed by atoms with van der Waals surface area (Å²) in [7, 11) is 0. The first-order chi connectivity index (χ1) is 15.4. The summed E-state index contributed by atoms with van der Waals surface area (Å²) in [5.74, 6) is -4.89. The van der Waals surface area contributed by atoms with Gasteiger partial charge < -0.3 is 10.0 Å². The molecule has 2 aromatic rings. The molecule has 1 N–H and O–H groups in total. The molecule has 2 fully saturated rings. The van der Waals surface area contributed by atoms with E-state index in [1.807, 2.05) is 30.0 Å². The van der Waals surface area contributed by atoms with E-state index in [-0.39, 0.29) is 6.42 Å². The van der Waals surface area contributed by atoms with Crippen LogP contribution < -0.4 is 4.90 Å². The van der Waals surface area contributed by atoms with E-state index in [2.05, 4.69) is 19.9 Å². The molecule has 0 aliphatic carbocycles. The Morgan fingerprint density at radius 2 is 1.76 bits per heavy atom. The van der Waals surface area contributed by atoms with Gasteiger partial charge in [-0.05, 0) is 31.5 Å². The number of hydrogen-bond acceptors (Lipinski definition) is 6. The number of carboxylic acids is 1. The largest absolute Gasteiger partial charge is 0.490 e.